The molecule has 3 aliphatic rings. The summed E-state index contributed by atoms with van der Waals surface area (Å²) in [5.41, 5.74) is 12.0. The van der Waals surface area contributed by atoms with Crippen molar-refractivity contribution in [2.75, 3.05) is 24.5 Å². The second-order valence-electron chi connectivity index (χ2n) is 10.0. The molecule has 6 rings (SSSR count). The molecule has 8 nitrogen and oxygen atoms in total. The van der Waals surface area contributed by atoms with Crippen molar-refractivity contribution in [2.24, 2.45) is 11.1 Å². The summed E-state index contributed by atoms with van der Waals surface area (Å²) in [5, 5.41) is 9.95. The van der Waals surface area contributed by atoms with Crippen LogP contribution in [0.25, 0.3) is 0 Å². The quantitative estimate of drug-likeness (QED) is 0.597. The van der Waals surface area contributed by atoms with Crippen molar-refractivity contribution in [3.8, 4) is 0 Å². The molecule has 0 amide bonds. The molecule has 1 atom stereocenters. The van der Waals surface area contributed by atoms with Gasteiger partial charge in [-0.05, 0) is 73.9 Å². The summed E-state index contributed by atoms with van der Waals surface area (Å²) in [6.45, 7) is 2.98. The first kappa shape index (κ1) is 22.1. The lowest BCUT2D eigenvalue weighted by Gasteiger charge is -2.42. The Morgan fingerprint density at radius 3 is 2.74 bits per heavy atom. The molecule has 3 aromatic rings. The number of aryl methyl sites for hydroxylation is 1. The number of fused-ring (bicyclic) bond motifs is 2. The highest BCUT2D eigenvalue weighted by molar-refractivity contribution is 5.87. The van der Waals surface area contributed by atoms with Gasteiger partial charge in [-0.15, -0.1) is 0 Å². The monoisotopic (exact) mass is 470 g/mol. The standard InChI is InChI=1S/C27H30N6O2/c28-25-19-6-2-1-5-18(19)15-27(25)9-13-32(14-10-27)17-21-24(26(34)35)31-23(16-30-21)33-12-4-7-20-22(33)8-3-11-29-20/h1-3,5-6,8,11,16,25H,4,7,9-10,12-15,17,28H2,(H,34,35)/t25-/m1/s1. The van der Waals surface area contributed by atoms with E-state index in [0.29, 0.717) is 18.1 Å². The Hall–Kier alpha value is -3.36. The summed E-state index contributed by atoms with van der Waals surface area (Å²) in [4.78, 5) is 30.1. The average molecular weight is 471 g/mol. The first-order valence-electron chi connectivity index (χ1n) is 12.4. The van der Waals surface area contributed by atoms with Gasteiger partial charge in [0, 0.05) is 25.3 Å². The predicted octanol–water partition coefficient (Wildman–Crippen LogP) is 3.49. The van der Waals surface area contributed by atoms with E-state index in [2.05, 4.69) is 44.1 Å². The molecule has 0 saturated carbocycles. The molecule has 180 valence electrons. The molecular weight excluding hydrogens is 440 g/mol. The van der Waals surface area contributed by atoms with E-state index in [-0.39, 0.29) is 17.2 Å². The maximum atomic E-state index is 12.1. The second kappa shape index (κ2) is 8.70. The molecule has 1 aliphatic carbocycles. The SMILES string of the molecule is N[C@@H]1c2ccccc2CC12CCN(Cc1ncc(N3CCCc4ncccc43)nc1C(=O)O)CC2. The van der Waals surface area contributed by atoms with Crippen LogP contribution >= 0.6 is 0 Å². The highest BCUT2D eigenvalue weighted by atomic mass is 16.4. The van der Waals surface area contributed by atoms with Crippen molar-refractivity contribution in [1.82, 2.24) is 19.9 Å². The number of nitrogens with two attached hydrogens (primary N) is 1. The van der Waals surface area contributed by atoms with Crippen LogP contribution in [0.5, 0.6) is 0 Å². The third-order valence-corrected chi connectivity index (χ3v) is 8.08. The first-order valence-corrected chi connectivity index (χ1v) is 12.4. The molecule has 2 aliphatic heterocycles. The summed E-state index contributed by atoms with van der Waals surface area (Å²) in [7, 11) is 0. The van der Waals surface area contributed by atoms with Crippen LogP contribution in [0.1, 0.15) is 58.3 Å². The lowest BCUT2D eigenvalue weighted by Crippen LogP contribution is -2.44. The molecule has 2 aromatic heterocycles. The normalized spacial score (nSPS) is 21.1. The van der Waals surface area contributed by atoms with Crippen LogP contribution in [0.4, 0.5) is 11.5 Å². The molecule has 1 fully saturated rings. The van der Waals surface area contributed by atoms with Crippen molar-refractivity contribution in [1.29, 1.82) is 0 Å². The highest BCUT2D eigenvalue weighted by Crippen LogP contribution is 2.50. The number of aromatic nitrogens is 3. The fourth-order valence-corrected chi connectivity index (χ4v) is 6.13. The number of nitrogens with zero attached hydrogens (tertiary/aromatic N) is 5. The minimum absolute atomic E-state index is 0.0313. The van der Waals surface area contributed by atoms with E-state index in [1.807, 2.05) is 17.0 Å². The molecule has 0 unspecified atom stereocenters. The van der Waals surface area contributed by atoms with Gasteiger partial charge in [0.2, 0.25) is 0 Å². The largest absolute Gasteiger partial charge is 0.476 e. The van der Waals surface area contributed by atoms with Gasteiger partial charge in [-0.3, -0.25) is 14.9 Å². The molecule has 0 bridgehead atoms. The Balaban J connectivity index is 1.19. The molecule has 1 spiro atoms. The second-order valence-corrected chi connectivity index (χ2v) is 10.0. The van der Waals surface area contributed by atoms with Crippen molar-refractivity contribution in [3.63, 3.8) is 0 Å². The van der Waals surface area contributed by atoms with Gasteiger partial charge in [0.1, 0.15) is 0 Å². The number of pyridine rings is 1. The summed E-state index contributed by atoms with van der Waals surface area (Å²) in [6, 6.07) is 12.5. The molecule has 1 aromatic carbocycles. The maximum Gasteiger partial charge on any atom is 0.356 e. The summed E-state index contributed by atoms with van der Waals surface area (Å²) < 4.78 is 0. The summed E-state index contributed by atoms with van der Waals surface area (Å²) >= 11 is 0. The minimum atomic E-state index is -1.04. The minimum Gasteiger partial charge on any atom is -0.476 e. The van der Waals surface area contributed by atoms with Crippen molar-refractivity contribution in [2.45, 2.75) is 44.7 Å². The van der Waals surface area contributed by atoms with Crippen LogP contribution in [-0.4, -0.2) is 50.6 Å². The van der Waals surface area contributed by atoms with Gasteiger partial charge in [-0.1, -0.05) is 24.3 Å². The zero-order valence-electron chi connectivity index (χ0n) is 19.7. The lowest BCUT2D eigenvalue weighted by molar-refractivity contribution is 0.0677. The summed E-state index contributed by atoms with van der Waals surface area (Å²) in [6.07, 6.45) is 8.37. The van der Waals surface area contributed by atoms with Gasteiger partial charge >= 0.3 is 5.97 Å². The van der Waals surface area contributed by atoms with Crippen LogP contribution < -0.4 is 10.6 Å². The zero-order chi connectivity index (χ0) is 24.0. The van der Waals surface area contributed by atoms with Gasteiger partial charge < -0.3 is 15.7 Å². The van der Waals surface area contributed by atoms with Crippen molar-refractivity contribution >= 4 is 17.5 Å². The number of carbonyl (C=O) groups is 1. The number of benzene rings is 1. The topological polar surface area (TPSA) is 108 Å². The molecule has 0 radical (unpaired) electrons. The number of piperidine rings is 1. The average Bonchev–Trinajstić information content (AvgIpc) is 3.16. The number of carboxylic acids is 1. The maximum absolute atomic E-state index is 12.1. The molecular formula is C27H30N6O2. The number of rotatable bonds is 4. The molecule has 8 heteroatoms. The van der Waals surface area contributed by atoms with Crippen molar-refractivity contribution in [3.05, 3.63) is 77.0 Å². The molecule has 35 heavy (non-hydrogen) atoms. The van der Waals surface area contributed by atoms with Crippen LogP contribution in [0.15, 0.2) is 48.8 Å². The zero-order valence-corrected chi connectivity index (χ0v) is 19.7. The number of likely N-dealkylation sites (tertiary alicyclic amines) is 1. The van der Waals surface area contributed by atoms with E-state index in [1.54, 1.807) is 12.4 Å². The third-order valence-electron chi connectivity index (χ3n) is 8.08. The first-order chi connectivity index (χ1) is 17.0. The van der Waals surface area contributed by atoms with Crippen LogP contribution in [0, 0.1) is 5.41 Å². The lowest BCUT2D eigenvalue weighted by atomic mass is 9.73. The fourth-order valence-electron chi connectivity index (χ4n) is 6.13. The highest BCUT2D eigenvalue weighted by Gasteiger charge is 2.45. The number of anilines is 2. The Morgan fingerprint density at radius 1 is 1.11 bits per heavy atom. The van der Waals surface area contributed by atoms with E-state index >= 15 is 0 Å². The van der Waals surface area contributed by atoms with Gasteiger partial charge in [-0.25, -0.2) is 9.78 Å². The number of hydrogen-bond acceptors (Lipinski definition) is 7. The van der Waals surface area contributed by atoms with Gasteiger partial charge in [0.05, 0.1) is 23.3 Å². The van der Waals surface area contributed by atoms with E-state index < -0.39 is 5.97 Å². The number of hydrogen-bond donors (Lipinski definition) is 2. The fraction of sp³-hybridized carbons (Fsp3) is 0.407. The smallest absolute Gasteiger partial charge is 0.356 e. The van der Waals surface area contributed by atoms with Crippen LogP contribution in [0.2, 0.25) is 0 Å². The Morgan fingerprint density at radius 2 is 1.94 bits per heavy atom. The summed E-state index contributed by atoms with van der Waals surface area (Å²) in [5.74, 6) is -0.480. The van der Waals surface area contributed by atoms with Gasteiger partial charge in [0.15, 0.2) is 11.5 Å². The van der Waals surface area contributed by atoms with Crippen molar-refractivity contribution < 1.29 is 9.90 Å². The Bertz CT molecular complexity index is 1270. The Kier molecular flexibility index (Phi) is 5.50. The predicted molar refractivity (Wildman–Crippen MR) is 133 cm³/mol. The third kappa shape index (κ3) is 3.86. The van der Waals surface area contributed by atoms with E-state index in [9.17, 15) is 9.90 Å². The van der Waals surface area contributed by atoms with Crippen LogP contribution in [0.3, 0.4) is 0 Å². The number of aromatic carboxylic acids is 1. The molecule has 1 saturated heterocycles. The van der Waals surface area contributed by atoms with Crippen LogP contribution in [-0.2, 0) is 19.4 Å². The molecule has 3 N–H and O–H groups in total. The van der Waals surface area contributed by atoms with Gasteiger partial charge in [0.25, 0.3) is 0 Å². The van der Waals surface area contributed by atoms with E-state index in [1.165, 1.54) is 11.1 Å². The number of carboxylic acid groups (broad SMARTS) is 1. The van der Waals surface area contributed by atoms with Gasteiger partial charge in [-0.2, -0.15) is 0 Å². The Labute approximate surface area is 204 Å². The molecule has 4 heterocycles. The van der Waals surface area contributed by atoms with E-state index in [4.69, 9.17) is 5.73 Å². The van der Waals surface area contributed by atoms with E-state index in [0.717, 1.165) is 63.1 Å².